The molecule has 1 aliphatic rings. The fourth-order valence-electron chi connectivity index (χ4n) is 2.46. The van der Waals surface area contributed by atoms with Gasteiger partial charge in [0.05, 0.1) is 4.92 Å². The average Bonchev–Trinajstić information content (AvgIpc) is 2.37. The van der Waals surface area contributed by atoms with Crippen molar-refractivity contribution in [3.63, 3.8) is 0 Å². The van der Waals surface area contributed by atoms with Crippen LogP contribution < -0.4 is 4.90 Å². The molecule has 1 aliphatic carbocycles. The molecule has 0 unspecified atom stereocenters. The van der Waals surface area contributed by atoms with Crippen molar-refractivity contribution in [2.75, 3.05) is 18.0 Å². The Balaban J connectivity index is 2.19. The summed E-state index contributed by atoms with van der Waals surface area (Å²) in [4.78, 5) is 12.9. The smallest absolute Gasteiger partial charge is 0.273 e. The minimum absolute atomic E-state index is 0.195. The van der Waals surface area contributed by atoms with Gasteiger partial charge in [-0.15, -0.1) is 0 Å². The number of hydrogen-bond donors (Lipinski definition) is 0. The summed E-state index contributed by atoms with van der Waals surface area (Å²) in [5, 5.41) is 11.4. The van der Waals surface area contributed by atoms with E-state index in [1.807, 2.05) is 12.1 Å². The van der Waals surface area contributed by atoms with Crippen molar-refractivity contribution in [1.82, 2.24) is 0 Å². The van der Waals surface area contributed by atoms with Crippen molar-refractivity contribution >= 4 is 27.3 Å². The van der Waals surface area contributed by atoms with Gasteiger partial charge in [-0.05, 0) is 37.8 Å². The number of benzene rings is 1. The molecule has 1 aromatic rings. The van der Waals surface area contributed by atoms with Crippen LogP contribution >= 0.6 is 15.9 Å². The molecule has 1 aromatic carbocycles. The van der Waals surface area contributed by atoms with E-state index in [1.165, 1.54) is 19.3 Å². The first-order valence-electron chi connectivity index (χ1n) is 6.74. The lowest BCUT2D eigenvalue weighted by molar-refractivity contribution is -0.385. The molecule has 0 N–H and O–H groups in total. The lowest BCUT2D eigenvalue weighted by Crippen LogP contribution is -2.32. The normalized spacial score (nSPS) is 15.1. The molecule has 0 heterocycles. The van der Waals surface area contributed by atoms with Gasteiger partial charge >= 0.3 is 0 Å². The number of hydrogen-bond acceptors (Lipinski definition) is 3. The van der Waals surface area contributed by atoms with Gasteiger partial charge < -0.3 is 4.90 Å². The molecule has 0 atom stereocenters. The highest BCUT2D eigenvalue weighted by molar-refractivity contribution is 9.08. The standard InChI is InChI=1S/C14H19BrN2O2/c1-2-16(10-11-4-3-5-11)13-6-7-14(17(18)19)12(8-13)9-15/h6-8,11H,2-5,9-10H2,1H3. The van der Waals surface area contributed by atoms with E-state index in [2.05, 4.69) is 27.8 Å². The van der Waals surface area contributed by atoms with Crippen molar-refractivity contribution in [2.45, 2.75) is 31.5 Å². The quantitative estimate of drug-likeness (QED) is 0.449. The van der Waals surface area contributed by atoms with Crippen molar-refractivity contribution in [3.8, 4) is 0 Å². The van der Waals surface area contributed by atoms with Crippen molar-refractivity contribution in [3.05, 3.63) is 33.9 Å². The molecule has 5 heteroatoms. The second kappa shape index (κ2) is 6.37. The van der Waals surface area contributed by atoms with Gasteiger partial charge in [-0.25, -0.2) is 0 Å². The SMILES string of the molecule is CCN(CC1CCC1)c1ccc([N+](=O)[O-])c(CBr)c1. The summed E-state index contributed by atoms with van der Waals surface area (Å²) in [6.45, 7) is 4.14. The Labute approximate surface area is 122 Å². The Morgan fingerprint density at radius 1 is 1.47 bits per heavy atom. The van der Waals surface area contributed by atoms with E-state index >= 15 is 0 Å². The van der Waals surface area contributed by atoms with Gasteiger partial charge in [0.1, 0.15) is 0 Å². The fourth-order valence-corrected chi connectivity index (χ4v) is 2.91. The zero-order valence-corrected chi connectivity index (χ0v) is 12.7. The largest absolute Gasteiger partial charge is 0.372 e. The third kappa shape index (κ3) is 3.26. The zero-order chi connectivity index (χ0) is 13.8. The predicted octanol–water partition coefficient (Wildman–Crippen LogP) is 4.12. The van der Waals surface area contributed by atoms with Crippen LogP contribution in [0.4, 0.5) is 11.4 Å². The first-order valence-corrected chi connectivity index (χ1v) is 7.86. The minimum atomic E-state index is -0.317. The van der Waals surface area contributed by atoms with Crippen LogP contribution in [-0.2, 0) is 5.33 Å². The molecule has 4 nitrogen and oxygen atoms in total. The maximum atomic E-state index is 10.9. The third-order valence-corrected chi connectivity index (χ3v) is 4.46. The Kier molecular flexibility index (Phi) is 4.80. The molecule has 0 spiro atoms. The molecule has 0 aliphatic heterocycles. The molecule has 1 fully saturated rings. The second-order valence-corrected chi connectivity index (χ2v) is 5.60. The van der Waals surface area contributed by atoms with Gasteiger partial charge in [0.2, 0.25) is 0 Å². The number of rotatable bonds is 6. The van der Waals surface area contributed by atoms with Crippen LogP contribution in [0.3, 0.4) is 0 Å². The molecule has 1 saturated carbocycles. The third-order valence-electron chi connectivity index (χ3n) is 3.85. The highest BCUT2D eigenvalue weighted by Gasteiger charge is 2.21. The Hall–Kier alpha value is -1.10. The van der Waals surface area contributed by atoms with Crippen LogP contribution in [0.15, 0.2) is 18.2 Å². The van der Waals surface area contributed by atoms with E-state index in [9.17, 15) is 10.1 Å². The number of alkyl halides is 1. The van der Waals surface area contributed by atoms with E-state index in [4.69, 9.17) is 0 Å². The first-order chi connectivity index (χ1) is 9.15. The minimum Gasteiger partial charge on any atom is -0.372 e. The van der Waals surface area contributed by atoms with Gasteiger partial charge in [-0.3, -0.25) is 10.1 Å². The molecular weight excluding hydrogens is 308 g/mol. The molecule has 0 aromatic heterocycles. The number of anilines is 1. The van der Waals surface area contributed by atoms with E-state index < -0.39 is 0 Å². The van der Waals surface area contributed by atoms with Crippen LogP contribution in [0.25, 0.3) is 0 Å². The van der Waals surface area contributed by atoms with Crippen molar-refractivity contribution in [1.29, 1.82) is 0 Å². The Morgan fingerprint density at radius 3 is 2.68 bits per heavy atom. The maximum Gasteiger partial charge on any atom is 0.273 e. The van der Waals surface area contributed by atoms with Crippen LogP contribution in [0, 0.1) is 16.0 Å². The number of nitrogens with zero attached hydrogens (tertiary/aromatic N) is 2. The zero-order valence-electron chi connectivity index (χ0n) is 11.1. The summed E-state index contributed by atoms with van der Waals surface area (Å²) in [5.74, 6) is 0.794. The van der Waals surface area contributed by atoms with E-state index in [0.29, 0.717) is 5.33 Å². The molecular formula is C14H19BrN2O2. The van der Waals surface area contributed by atoms with Crippen molar-refractivity contribution in [2.24, 2.45) is 5.92 Å². The van der Waals surface area contributed by atoms with Gasteiger partial charge in [0.15, 0.2) is 0 Å². The lowest BCUT2D eigenvalue weighted by atomic mass is 9.85. The van der Waals surface area contributed by atoms with E-state index in [-0.39, 0.29) is 10.6 Å². The molecule has 0 bridgehead atoms. The van der Waals surface area contributed by atoms with Gasteiger partial charge in [-0.1, -0.05) is 22.4 Å². The second-order valence-electron chi connectivity index (χ2n) is 5.04. The maximum absolute atomic E-state index is 10.9. The van der Waals surface area contributed by atoms with E-state index in [0.717, 1.165) is 30.3 Å². The van der Waals surface area contributed by atoms with E-state index in [1.54, 1.807) is 6.07 Å². The van der Waals surface area contributed by atoms with Crippen LogP contribution in [0.2, 0.25) is 0 Å². The summed E-state index contributed by atoms with van der Waals surface area (Å²) in [6, 6.07) is 5.43. The number of nitro benzene ring substituents is 1. The Morgan fingerprint density at radius 2 is 2.21 bits per heavy atom. The van der Waals surface area contributed by atoms with Crippen LogP contribution in [0.5, 0.6) is 0 Å². The summed E-state index contributed by atoms with van der Waals surface area (Å²) in [5.41, 5.74) is 2.03. The fraction of sp³-hybridized carbons (Fsp3) is 0.571. The lowest BCUT2D eigenvalue weighted by Gasteiger charge is -2.33. The van der Waals surface area contributed by atoms with Crippen molar-refractivity contribution < 1.29 is 4.92 Å². The summed E-state index contributed by atoms with van der Waals surface area (Å²) in [6.07, 6.45) is 3.97. The topological polar surface area (TPSA) is 46.4 Å². The first kappa shape index (κ1) is 14.3. The summed E-state index contributed by atoms with van der Waals surface area (Å²) in [7, 11) is 0. The number of halogens is 1. The monoisotopic (exact) mass is 326 g/mol. The summed E-state index contributed by atoms with van der Waals surface area (Å²) >= 11 is 3.33. The molecule has 0 saturated heterocycles. The average molecular weight is 327 g/mol. The molecule has 19 heavy (non-hydrogen) atoms. The highest BCUT2D eigenvalue weighted by atomic mass is 79.9. The van der Waals surface area contributed by atoms with Crippen LogP contribution in [0.1, 0.15) is 31.7 Å². The predicted molar refractivity (Wildman–Crippen MR) is 81.0 cm³/mol. The van der Waals surface area contributed by atoms with Gasteiger partial charge in [0, 0.05) is 35.7 Å². The number of nitro groups is 1. The van der Waals surface area contributed by atoms with Gasteiger partial charge in [-0.2, -0.15) is 0 Å². The summed E-state index contributed by atoms with van der Waals surface area (Å²) < 4.78 is 0. The Bertz CT molecular complexity index is 461. The molecule has 0 amide bonds. The molecule has 104 valence electrons. The van der Waals surface area contributed by atoms with Gasteiger partial charge in [0.25, 0.3) is 5.69 Å². The highest BCUT2D eigenvalue weighted by Crippen LogP contribution is 2.31. The molecule has 0 radical (unpaired) electrons. The van der Waals surface area contributed by atoms with Crippen LogP contribution in [-0.4, -0.2) is 18.0 Å². The molecule has 2 rings (SSSR count).